The number of nitrogens with zero attached hydrogens (tertiary/aromatic N) is 6. The molecule has 2 aromatic rings. The number of hydrogen-bond acceptors (Lipinski definition) is 5. The number of likely N-dealkylation sites (tertiary alicyclic amines) is 1. The molecule has 2 aromatic heterocycles. The summed E-state index contributed by atoms with van der Waals surface area (Å²) < 4.78 is 3.84. The predicted octanol–water partition coefficient (Wildman–Crippen LogP) is 0.991. The SMILES string of the molecule is CC1(C)CN(C(=O)c2cn(CCN)nn2)C1c1nccn1C1CC1. The number of imidazole rings is 1. The van der Waals surface area contributed by atoms with E-state index in [4.69, 9.17) is 5.73 Å². The van der Waals surface area contributed by atoms with E-state index in [9.17, 15) is 4.79 Å². The maximum Gasteiger partial charge on any atom is 0.276 e. The zero-order valence-corrected chi connectivity index (χ0v) is 14.1. The van der Waals surface area contributed by atoms with Crippen LogP contribution in [-0.2, 0) is 6.54 Å². The predicted molar refractivity (Wildman–Crippen MR) is 87.1 cm³/mol. The van der Waals surface area contributed by atoms with Crippen molar-refractivity contribution in [3.05, 3.63) is 30.1 Å². The van der Waals surface area contributed by atoms with Crippen LogP contribution in [0.2, 0.25) is 0 Å². The Hall–Kier alpha value is -2.22. The van der Waals surface area contributed by atoms with Gasteiger partial charge in [-0.3, -0.25) is 9.48 Å². The second-order valence-corrected chi connectivity index (χ2v) is 7.40. The van der Waals surface area contributed by atoms with Gasteiger partial charge in [0.05, 0.1) is 18.8 Å². The molecule has 2 aliphatic rings. The highest BCUT2D eigenvalue weighted by molar-refractivity contribution is 5.93. The third-order valence-electron chi connectivity index (χ3n) is 4.89. The van der Waals surface area contributed by atoms with Crippen LogP contribution in [0.15, 0.2) is 18.6 Å². The standard InChI is InChI=1S/C16H23N7O/c1-16(2)10-23(15(24)12-9-21(7-5-17)20-19-12)13(16)14-18-6-8-22(14)11-3-4-11/h6,8-9,11,13H,3-5,7,10,17H2,1-2H3. The third kappa shape index (κ3) is 2.41. The molecule has 1 unspecified atom stereocenters. The fourth-order valence-electron chi connectivity index (χ4n) is 3.59. The minimum atomic E-state index is -0.0899. The molecule has 1 amide bonds. The van der Waals surface area contributed by atoms with Crippen LogP contribution < -0.4 is 5.73 Å². The van der Waals surface area contributed by atoms with Crippen LogP contribution in [0.3, 0.4) is 0 Å². The van der Waals surface area contributed by atoms with Gasteiger partial charge in [0.1, 0.15) is 5.82 Å². The molecule has 8 nitrogen and oxygen atoms in total. The lowest BCUT2D eigenvalue weighted by Gasteiger charge is -2.53. The zero-order valence-electron chi connectivity index (χ0n) is 14.1. The lowest BCUT2D eigenvalue weighted by Crippen LogP contribution is -2.58. The van der Waals surface area contributed by atoms with E-state index in [-0.39, 0.29) is 17.4 Å². The topological polar surface area (TPSA) is 94.9 Å². The molecule has 2 fully saturated rings. The molecule has 1 atom stereocenters. The normalized spacial score (nSPS) is 22.5. The molecule has 24 heavy (non-hydrogen) atoms. The molecule has 3 heterocycles. The molecule has 1 saturated carbocycles. The van der Waals surface area contributed by atoms with Crippen LogP contribution in [0.25, 0.3) is 0 Å². The van der Waals surface area contributed by atoms with Gasteiger partial charge in [0.15, 0.2) is 5.69 Å². The van der Waals surface area contributed by atoms with Gasteiger partial charge in [-0.15, -0.1) is 5.10 Å². The molecule has 1 aliphatic heterocycles. The van der Waals surface area contributed by atoms with E-state index in [0.717, 1.165) is 5.82 Å². The summed E-state index contributed by atoms with van der Waals surface area (Å²) in [6.07, 6.45) is 7.92. The van der Waals surface area contributed by atoms with Crippen molar-refractivity contribution in [3.8, 4) is 0 Å². The van der Waals surface area contributed by atoms with Gasteiger partial charge in [0.25, 0.3) is 5.91 Å². The molecule has 1 aliphatic carbocycles. The molecule has 0 bridgehead atoms. The van der Waals surface area contributed by atoms with E-state index in [1.54, 1.807) is 10.9 Å². The highest BCUT2D eigenvalue weighted by Gasteiger charge is 2.52. The van der Waals surface area contributed by atoms with Crippen molar-refractivity contribution in [1.82, 2.24) is 29.4 Å². The van der Waals surface area contributed by atoms with E-state index in [1.807, 2.05) is 17.3 Å². The van der Waals surface area contributed by atoms with E-state index in [2.05, 4.69) is 33.7 Å². The van der Waals surface area contributed by atoms with Crippen LogP contribution in [0.4, 0.5) is 0 Å². The molecule has 2 N–H and O–H groups in total. The first-order valence-electron chi connectivity index (χ1n) is 8.45. The van der Waals surface area contributed by atoms with E-state index < -0.39 is 0 Å². The third-order valence-corrected chi connectivity index (χ3v) is 4.89. The average Bonchev–Trinajstić information content (AvgIpc) is 3.08. The van der Waals surface area contributed by atoms with Crippen molar-refractivity contribution in [2.45, 2.75) is 45.3 Å². The Morgan fingerprint density at radius 1 is 1.42 bits per heavy atom. The van der Waals surface area contributed by atoms with Crippen molar-refractivity contribution in [3.63, 3.8) is 0 Å². The Bertz CT molecular complexity index is 758. The first kappa shape index (κ1) is 15.3. The van der Waals surface area contributed by atoms with Crippen LogP contribution in [0.5, 0.6) is 0 Å². The Morgan fingerprint density at radius 3 is 2.88 bits per heavy atom. The summed E-state index contributed by atoms with van der Waals surface area (Å²) in [6, 6.07) is 0.515. The Kier molecular flexibility index (Phi) is 3.45. The van der Waals surface area contributed by atoms with Crippen molar-refractivity contribution < 1.29 is 4.79 Å². The van der Waals surface area contributed by atoms with E-state index in [1.165, 1.54) is 12.8 Å². The zero-order chi connectivity index (χ0) is 16.9. The summed E-state index contributed by atoms with van der Waals surface area (Å²) in [4.78, 5) is 19.3. The summed E-state index contributed by atoms with van der Waals surface area (Å²) in [5.74, 6) is 0.893. The van der Waals surface area contributed by atoms with Crippen molar-refractivity contribution in [2.75, 3.05) is 13.1 Å². The molecule has 4 rings (SSSR count). The van der Waals surface area contributed by atoms with Gasteiger partial charge in [-0.1, -0.05) is 19.1 Å². The second kappa shape index (κ2) is 5.41. The first-order chi connectivity index (χ1) is 11.5. The lowest BCUT2D eigenvalue weighted by atomic mass is 9.74. The van der Waals surface area contributed by atoms with Crippen molar-refractivity contribution >= 4 is 5.91 Å². The molecule has 0 aromatic carbocycles. The van der Waals surface area contributed by atoms with Crippen LogP contribution >= 0.6 is 0 Å². The highest BCUT2D eigenvalue weighted by atomic mass is 16.2. The van der Waals surface area contributed by atoms with Gasteiger partial charge >= 0.3 is 0 Å². The number of aromatic nitrogens is 5. The van der Waals surface area contributed by atoms with Crippen LogP contribution in [0, 0.1) is 5.41 Å². The minimum Gasteiger partial charge on any atom is -0.330 e. The maximum absolute atomic E-state index is 12.9. The molecule has 1 saturated heterocycles. The highest BCUT2D eigenvalue weighted by Crippen LogP contribution is 2.50. The Labute approximate surface area is 140 Å². The molecule has 0 radical (unpaired) electrons. The van der Waals surface area contributed by atoms with Gasteiger partial charge in [0.2, 0.25) is 0 Å². The fraction of sp³-hybridized carbons (Fsp3) is 0.625. The number of amides is 1. The summed E-state index contributed by atoms with van der Waals surface area (Å²) in [5, 5.41) is 7.98. The van der Waals surface area contributed by atoms with Crippen molar-refractivity contribution in [2.24, 2.45) is 11.1 Å². The summed E-state index contributed by atoms with van der Waals surface area (Å²) >= 11 is 0. The summed E-state index contributed by atoms with van der Waals surface area (Å²) in [5.41, 5.74) is 5.89. The lowest BCUT2D eigenvalue weighted by molar-refractivity contribution is -0.0382. The monoisotopic (exact) mass is 329 g/mol. The van der Waals surface area contributed by atoms with Crippen molar-refractivity contribution in [1.29, 1.82) is 0 Å². The number of nitrogens with two attached hydrogens (primary N) is 1. The van der Waals surface area contributed by atoms with Crippen LogP contribution in [-0.4, -0.2) is 48.4 Å². The average molecular weight is 329 g/mol. The number of carbonyl (C=O) groups is 1. The van der Waals surface area contributed by atoms with Gasteiger partial charge in [-0.05, 0) is 12.8 Å². The van der Waals surface area contributed by atoms with Gasteiger partial charge in [0, 0.05) is 36.9 Å². The Morgan fingerprint density at radius 2 is 2.21 bits per heavy atom. The van der Waals surface area contributed by atoms with Gasteiger partial charge < -0.3 is 15.2 Å². The van der Waals surface area contributed by atoms with Gasteiger partial charge in [-0.25, -0.2) is 4.98 Å². The van der Waals surface area contributed by atoms with Crippen LogP contribution in [0.1, 0.15) is 55.1 Å². The quantitative estimate of drug-likeness (QED) is 0.883. The van der Waals surface area contributed by atoms with E-state index in [0.29, 0.717) is 31.4 Å². The van der Waals surface area contributed by atoms with Gasteiger partial charge in [-0.2, -0.15) is 0 Å². The maximum atomic E-state index is 12.9. The number of hydrogen-bond donors (Lipinski definition) is 1. The number of carbonyl (C=O) groups excluding carboxylic acids is 1. The molecule has 8 heteroatoms. The molecule has 128 valence electrons. The smallest absolute Gasteiger partial charge is 0.276 e. The molecular formula is C16H23N7O. The molecular weight excluding hydrogens is 306 g/mol. The summed E-state index contributed by atoms with van der Waals surface area (Å²) in [7, 11) is 0. The molecule has 0 spiro atoms. The fourth-order valence-corrected chi connectivity index (χ4v) is 3.59. The van der Waals surface area contributed by atoms with E-state index >= 15 is 0 Å². The first-order valence-corrected chi connectivity index (χ1v) is 8.45. The second-order valence-electron chi connectivity index (χ2n) is 7.40. The number of rotatable bonds is 5. The summed E-state index contributed by atoms with van der Waals surface area (Å²) in [6.45, 7) is 6.07. The minimum absolute atomic E-state index is 0.000899. The Balaban J connectivity index is 1.60. The largest absolute Gasteiger partial charge is 0.330 e.